The van der Waals surface area contributed by atoms with Crippen molar-refractivity contribution in [2.75, 3.05) is 13.7 Å². The molecule has 0 aliphatic rings. The first-order valence-corrected chi connectivity index (χ1v) is 8.07. The Morgan fingerprint density at radius 3 is 2.50 bits per heavy atom. The standard InChI is InChI=1S/C14H23NO4S/c1-10(2)7-12(16)9-15-20(17,18)13-5-6-14(19-4)11(3)8-13/h5-6,8,10,12,15-16H,7,9H2,1-4H3. The van der Waals surface area contributed by atoms with Crippen molar-refractivity contribution in [2.24, 2.45) is 5.92 Å². The van der Waals surface area contributed by atoms with E-state index in [1.807, 2.05) is 13.8 Å². The average Bonchev–Trinajstić information content (AvgIpc) is 2.35. The zero-order valence-electron chi connectivity index (χ0n) is 12.4. The van der Waals surface area contributed by atoms with Crippen LogP contribution in [0.5, 0.6) is 5.75 Å². The first-order chi connectivity index (χ1) is 9.26. The third kappa shape index (κ3) is 4.77. The van der Waals surface area contributed by atoms with Crippen molar-refractivity contribution in [1.82, 2.24) is 4.72 Å². The Kier molecular flexibility index (Phi) is 5.98. The topological polar surface area (TPSA) is 75.6 Å². The summed E-state index contributed by atoms with van der Waals surface area (Å²) in [6.45, 7) is 5.76. The van der Waals surface area contributed by atoms with Crippen LogP contribution in [0.3, 0.4) is 0 Å². The van der Waals surface area contributed by atoms with Crippen molar-refractivity contribution in [1.29, 1.82) is 0 Å². The third-order valence-corrected chi connectivity index (χ3v) is 4.35. The van der Waals surface area contributed by atoms with Crippen LogP contribution in [0.15, 0.2) is 23.1 Å². The zero-order valence-corrected chi connectivity index (χ0v) is 13.2. The Hall–Kier alpha value is -1.11. The molecule has 0 bridgehead atoms. The van der Waals surface area contributed by atoms with E-state index >= 15 is 0 Å². The maximum atomic E-state index is 12.1. The minimum absolute atomic E-state index is 0.0194. The summed E-state index contributed by atoms with van der Waals surface area (Å²) in [5, 5.41) is 9.72. The van der Waals surface area contributed by atoms with Gasteiger partial charge in [0, 0.05) is 6.54 Å². The molecule has 0 saturated carbocycles. The molecule has 0 aromatic heterocycles. The molecule has 0 saturated heterocycles. The molecule has 1 aromatic rings. The number of rotatable bonds is 7. The second-order valence-corrected chi connectivity index (χ2v) is 7.03. The monoisotopic (exact) mass is 301 g/mol. The van der Waals surface area contributed by atoms with Gasteiger partial charge < -0.3 is 9.84 Å². The number of aliphatic hydroxyl groups excluding tert-OH is 1. The molecule has 1 unspecified atom stereocenters. The normalized spacial score (nSPS) is 13.5. The SMILES string of the molecule is COc1ccc(S(=O)(=O)NCC(O)CC(C)C)cc1C. The lowest BCUT2D eigenvalue weighted by Gasteiger charge is -2.14. The van der Waals surface area contributed by atoms with Gasteiger partial charge in [-0.2, -0.15) is 0 Å². The van der Waals surface area contributed by atoms with Crippen molar-refractivity contribution >= 4 is 10.0 Å². The number of aliphatic hydroxyl groups is 1. The minimum Gasteiger partial charge on any atom is -0.496 e. The van der Waals surface area contributed by atoms with Crippen LogP contribution in [0, 0.1) is 12.8 Å². The van der Waals surface area contributed by atoms with Crippen molar-refractivity contribution < 1.29 is 18.3 Å². The van der Waals surface area contributed by atoms with Gasteiger partial charge >= 0.3 is 0 Å². The summed E-state index contributed by atoms with van der Waals surface area (Å²) >= 11 is 0. The summed E-state index contributed by atoms with van der Waals surface area (Å²) in [6, 6.07) is 4.66. The molecular formula is C14H23NO4S. The minimum atomic E-state index is -3.60. The van der Waals surface area contributed by atoms with Crippen molar-refractivity contribution in [3.8, 4) is 5.75 Å². The maximum Gasteiger partial charge on any atom is 0.240 e. The second kappa shape index (κ2) is 7.06. The molecule has 0 amide bonds. The number of methoxy groups -OCH3 is 1. The van der Waals surface area contributed by atoms with Crippen LogP contribution in [0.25, 0.3) is 0 Å². The van der Waals surface area contributed by atoms with Gasteiger partial charge in [0.2, 0.25) is 10.0 Å². The second-order valence-electron chi connectivity index (χ2n) is 5.27. The third-order valence-electron chi connectivity index (χ3n) is 2.93. The lowest BCUT2D eigenvalue weighted by molar-refractivity contribution is 0.152. The van der Waals surface area contributed by atoms with Gasteiger partial charge in [-0.15, -0.1) is 0 Å². The van der Waals surface area contributed by atoms with E-state index in [1.165, 1.54) is 13.2 Å². The van der Waals surface area contributed by atoms with E-state index in [0.29, 0.717) is 18.1 Å². The van der Waals surface area contributed by atoms with Crippen LogP contribution in [-0.4, -0.2) is 33.3 Å². The molecule has 20 heavy (non-hydrogen) atoms. The van der Waals surface area contributed by atoms with Gasteiger partial charge in [-0.1, -0.05) is 13.8 Å². The van der Waals surface area contributed by atoms with E-state index in [4.69, 9.17) is 4.74 Å². The number of ether oxygens (including phenoxy) is 1. The van der Waals surface area contributed by atoms with E-state index in [1.54, 1.807) is 19.1 Å². The summed E-state index contributed by atoms with van der Waals surface area (Å²) in [6.07, 6.45) is -0.117. The molecule has 0 spiro atoms. The largest absolute Gasteiger partial charge is 0.496 e. The lowest BCUT2D eigenvalue weighted by atomic mass is 10.1. The molecule has 1 aromatic carbocycles. The number of sulfonamides is 1. The first kappa shape index (κ1) is 16.9. The summed E-state index contributed by atoms with van der Waals surface area (Å²) < 4.78 is 31.7. The maximum absolute atomic E-state index is 12.1. The van der Waals surface area contributed by atoms with Crippen LogP contribution in [0.4, 0.5) is 0 Å². The molecule has 0 radical (unpaired) electrons. The fraction of sp³-hybridized carbons (Fsp3) is 0.571. The summed E-state index contributed by atoms with van der Waals surface area (Å²) in [7, 11) is -2.07. The molecule has 5 nitrogen and oxygen atoms in total. The smallest absolute Gasteiger partial charge is 0.240 e. The van der Waals surface area contributed by atoms with Crippen LogP contribution in [-0.2, 0) is 10.0 Å². The van der Waals surface area contributed by atoms with E-state index in [2.05, 4.69) is 4.72 Å². The molecular weight excluding hydrogens is 278 g/mol. The number of benzene rings is 1. The van der Waals surface area contributed by atoms with Crippen molar-refractivity contribution in [3.63, 3.8) is 0 Å². The molecule has 0 aliphatic heterocycles. The molecule has 1 rings (SSSR count). The fourth-order valence-corrected chi connectivity index (χ4v) is 3.09. The quantitative estimate of drug-likeness (QED) is 0.803. The number of hydrogen-bond acceptors (Lipinski definition) is 4. The van der Waals surface area contributed by atoms with Gasteiger partial charge in [0.25, 0.3) is 0 Å². The Morgan fingerprint density at radius 1 is 1.35 bits per heavy atom. The predicted octanol–water partition coefficient (Wildman–Crippen LogP) is 1.69. The Balaban J connectivity index is 2.76. The Bertz CT molecular complexity index is 540. The summed E-state index contributed by atoms with van der Waals surface area (Å²) in [5.41, 5.74) is 0.748. The highest BCUT2D eigenvalue weighted by molar-refractivity contribution is 7.89. The van der Waals surface area contributed by atoms with Crippen LogP contribution < -0.4 is 9.46 Å². The molecule has 2 N–H and O–H groups in total. The first-order valence-electron chi connectivity index (χ1n) is 6.58. The van der Waals surface area contributed by atoms with Crippen LogP contribution in [0.1, 0.15) is 25.8 Å². The Labute approximate surface area is 121 Å². The van der Waals surface area contributed by atoms with E-state index in [0.717, 1.165) is 5.56 Å². The van der Waals surface area contributed by atoms with Gasteiger partial charge in [-0.3, -0.25) is 0 Å². The van der Waals surface area contributed by atoms with Gasteiger partial charge in [-0.25, -0.2) is 13.1 Å². The van der Waals surface area contributed by atoms with Gasteiger partial charge in [-0.05, 0) is 43.0 Å². The molecule has 114 valence electrons. The highest BCUT2D eigenvalue weighted by atomic mass is 32.2. The number of aryl methyl sites for hydroxylation is 1. The van der Waals surface area contributed by atoms with Gasteiger partial charge in [0.15, 0.2) is 0 Å². The van der Waals surface area contributed by atoms with Gasteiger partial charge in [0.1, 0.15) is 5.75 Å². The summed E-state index contributed by atoms with van der Waals surface area (Å²) in [4.78, 5) is 0.174. The average molecular weight is 301 g/mol. The highest BCUT2D eigenvalue weighted by Gasteiger charge is 2.17. The fourth-order valence-electron chi connectivity index (χ4n) is 1.93. The Morgan fingerprint density at radius 2 is 2.00 bits per heavy atom. The molecule has 0 heterocycles. The highest BCUT2D eigenvalue weighted by Crippen LogP contribution is 2.21. The summed E-state index contributed by atoms with van der Waals surface area (Å²) in [5.74, 6) is 0.960. The number of hydrogen-bond donors (Lipinski definition) is 2. The van der Waals surface area contributed by atoms with Gasteiger partial charge in [0.05, 0.1) is 18.1 Å². The molecule has 0 aliphatic carbocycles. The van der Waals surface area contributed by atoms with Crippen molar-refractivity contribution in [2.45, 2.75) is 38.2 Å². The van der Waals surface area contributed by atoms with Crippen LogP contribution >= 0.6 is 0 Å². The van der Waals surface area contributed by atoms with Crippen molar-refractivity contribution in [3.05, 3.63) is 23.8 Å². The zero-order chi connectivity index (χ0) is 15.3. The lowest BCUT2D eigenvalue weighted by Crippen LogP contribution is -2.32. The van der Waals surface area contributed by atoms with E-state index in [9.17, 15) is 13.5 Å². The predicted molar refractivity (Wildman–Crippen MR) is 78.4 cm³/mol. The van der Waals surface area contributed by atoms with E-state index < -0.39 is 16.1 Å². The van der Waals surface area contributed by atoms with E-state index in [-0.39, 0.29) is 11.4 Å². The molecule has 6 heteroatoms. The number of nitrogens with one attached hydrogen (secondary N) is 1. The molecule has 1 atom stereocenters. The van der Waals surface area contributed by atoms with Crippen LogP contribution in [0.2, 0.25) is 0 Å². The molecule has 0 fully saturated rings.